The minimum Gasteiger partial charge on any atom is -0.481 e. The molecule has 0 heterocycles. The molecule has 0 aliphatic carbocycles. The Labute approximate surface area is 120 Å². The van der Waals surface area contributed by atoms with E-state index in [9.17, 15) is 4.79 Å². The maximum absolute atomic E-state index is 10.9. The van der Waals surface area contributed by atoms with Gasteiger partial charge in [0, 0.05) is 0 Å². The largest absolute Gasteiger partial charge is 0.481 e. The second-order valence-corrected chi connectivity index (χ2v) is 6.04. The summed E-state index contributed by atoms with van der Waals surface area (Å²) in [5.41, 5.74) is 0. The van der Waals surface area contributed by atoms with Crippen molar-refractivity contribution >= 4 is 5.97 Å². The van der Waals surface area contributed by atoms with Gasteiger partial charge in [-0.25, -0.2) is 0 Å². The van der Waals surface area contributed by atoms with Crippen LogP contribution in [0.15, 0.2) is 0 Å². The highest BCUT2D eigenvalue weighted by atomic mass is 16.4. The number of unbranched alkanes of at least 4 members (excludes halogenated alkanes) is 6. The van der Waals surface area contributed by atoms with Crippen LogP contribution < -0.4 is 0 Å². The molecule has 0 aromatic heterocycles. The van der Waals surface area contributed by atoms with E-state index in [4.69, 9.17) is 5.11 Å². The molecule has 114 valence electrons. The first-order valence-electron chi connectivity index (χ1n) is 8.34. The minimum absolute atomic E-state index is 0.128. The van der Waals surface area contributed by atoms with Crippen LogP contribution in [0.2, 0.25) is 0 Å². The lowest BCUT2D eigenvalue weighted by Crippen LogP contribution is -2.13. The zero-order valence-electron chi connectivity index (χ0n) is 13.3. The van der Waals surface area contributed by atoms with Crippen molar-refractivity contribution in [1.29, 1.82) is 0 Å². The van der Waals surface area contributed by atoms with Gasteiger partial charge in [0.25, 0.3) is 0 Å². The number of hydrogen-bond donors (Lipinski definition) is 1. The highest BCUT2D eigenvalue weighted by molar-refractivity contribution is 5.69. The van der Waals surface area contributed by atoms with Crippen molar-refractivity contribution in [3.63, 3.8) is 0 Å². The highest BCUT2D eigenvalue weighted by Gasteiger charge is 2.15. The molecule has 2 heteroatoms. The molecule has 2 nitrogen and oxygen atoms in total. The molecule has 0 saturated heterocycles. The fourth-order valence-electron chi connectivity index (χ4n) is 2.58. The Morgan fingerprint density at radius 3 is 2.00 bits per heavy atom. The van der Waals surface area contributed by atoms with E-state index in [0.29, 0.717) is 5.92 Å². The molecule has 2 unspecified atom stereocenters. The molecule has 0 bridgehead atoms. The standard InChI is InChI=1S/C17H34O2/c1-4-6-7-8-9-10-11-12-15(3)13-14-16(5-2)17(18)19/h15-16H,4-14H2,1-3H3,(H,18,19). The fraction of sp³-hybridized carbons (Fsp3) is 0.941. The maximum atomic E-state index is 10.9. The lowest BCUT2D eigenvalue weighted by molar-refractivity contribution is -0.142. The van der Waals surface area contributed by atoms with Crippen molar-refractivity contribution in [1.82, 2.24) is 0 Å². The predicted molar refractivity (Wildman–Crippen MR) is 82.4 cm³/mol. The average molecular weight is 270 g/mol. The third-order valence-electron chi connectivity index (χ3n) is 4.15. The molecule has 0 rings (SSSR count). The summed E-state index contributed by atoms with van der Waals surface area (Å²) in [4.78, 5) is 10.9. The molecule has 0 aliphatic rings. The van der Waals surface area contributed by atoms with Crippen LogP contribution in [0.25, 0.3) is 0 Å². The number of hydrogen-bond acceptors (Lipinski definition) is 1. The van der Waals surface area contributed by atoms with Crippen LogP contribution >= 0.6 is 0 Å². The van der Waals surface area contributed by atoms with E-state index < -0.39 is 5.97 Å². The smallest absolute Gasteiger partial charge is 0.306 e. The summed E-state index contributed by atoms with van der Waals surface area (Å²) in [7, 11) is 0. The van der Waals surface area contributed by atoms with Gasteiger partial charge in [0.05, 0.1) is 5.92 Å². The van der Waals surface area contributed by atoms with E-state index in [-0.39, 0.29) is 5.92 Å². The van der Waals surface area contributed by atoms with Gasteiger partial charge in [-0.15, -0.1) is 0 Å². The lowest BCUT2D eigenvalue weighted by Gasteiger charge is -2.14. The van der Waals surface area contributed by atoms with Gasteiger partial charge in [-0.2, -0.15) is 0 Å². The molecular weight excluding hydrogens is 236 g/mol. The first-order chi connectivity index (χ1) is 9.11. The Morgan fingerprint density at radius 1 is 0.895 bits per heavy atom. The summed E-state index contributed by atoms with van der Waals surface area (Å²) >= 11 is 0. The zero-order valence-corrected chi connectivity index (χ0v) is 13.3. The quantitative estimate of drug-likeness (QED) is 0.439. The molecule has 19 heavy (non-hydrogen) atoms. The molecule has 2 atom stereocenters. The number of carboxylic acids is 1. The maximum Gasteiger partial charge on any atom is 0.306 e. The summed E-state index contributed by atoms with van der Waals surface area (Å²) < 4.78 is 0. The first kappa shape index (κ1) is 18.5. The van der Waals surface area contributed by atoms with E-state index in [2.05, 4.69) is 13.8 Å². The molecule has 0 aromatic rings. The van der Waals surface area contributed by atoms with Crippen LogP contribution in [-0.2, 0) is 4.79 Å². The second kappa shape index (κ2) is 12.5. The Morgan fingerprint density at radius 2 is 1.47 bits per heavy atom. The number of carbonyl (C=O) groups is 1. The van der Waals surface area contributed by atoms with Gasteiger partial charge in [-0.3, -0.25) is 4.79 Å². The molecule has 0 fully saturated rings. The normalized spacial score (nSPS) is 14.3. The van der Waals surface area contributed by atoms with Crippen molar-refractivity contribution in [2.75, 3.05) is 0 Å². The van der Waals surface area contributed by atoms with E-state index >= 15 is 0 Å². The van der Waals surface area contributed by atoms with Crippen molar-refractivity contribution in [2.45, 2.75) is 91.4 Å². The summed E-state index contributed by atoms with van der Waals surface area (Å²) in [6.07, 6.45) is 13.5. The Bertz CT molecular complexity index is 213. The Balaban J connectivity index is 3.43. The van der Waals surface area contributed by atoms with E-state index in [1.807, 2.05) is 6.92 Å². The average Bonchev–Trinajstić information content (AvgIpc) is 2.38. The van der Waals surface area contributed by atoms with Gasteiger partial charge in [-0.1, -0.05) is 72.1 Å². The number of carboxylic acid groups (broad SMARTS) is 1. The van der Waals surface area contributed by atoms with E-state index in [0.717, 1.165) is 19.3 Å². The van der Waals surface area contributed by atoms with Gasteiger partial charge in [-0.05, 0) is 25.2 Å². The summed E-state index contributed by atoms with van der Waals surface area (Å²) in [5, 5.41) is 9.00. The third-order valence-corrected chi connectivity index (χ3v) is 4.15. The lowest BCUT2D eigenvalue weighted by atomic mass is 9.92. The molecule has 0 aromatic carbocycles. The number of rotatable bonds is 13. The predicted octanol–water partition coefficient (Wildman–Crippen LogP) is 5.65. The Kier molecular flexibility index (Phi) is 12.2. The van der Waals surface area contributed by atoms with Crippen LogP contribution in [0.3, 0.4) is 0 Å². The van der Waals surface area contributed by atoms with Gasteiger partial charge >= 0.3 is 5.97 Å². The summed E-state index contributed by atoms with van der Waals surface area (Å²) in [5.74, 6) is -0.0637. The molecule has 0 aliphatic heterocycles. The van der Waals surface area contributed by atoms with Gasteiger partial charge in [0.15, 0.2) is 0 Å². The van der Waals surface area contributed by atoms with Gasteiger partial charge < -0.3 is 5.11 Å². The summed E-state index contributed by atoms with van der Waals surface area (Å²) in [6.45, 7) is 6.49. The molecular formula is C17H34O2. The van der Waals surface area contributed by atoms with Gasteiger partial charge in [0.2, 0.25) is 0 Å². The van der Waals surface area contributed by atoms with Crippen LogP contribution in [-0.4, -0.2) is 11.1 Å². The third kappa shape index (κ3) is 11.0. The van der Waals surface area contributed by atoms with Crippen molar-refractivity contribution in [3.8, 4) is 0 Å². The molecule has 0 saturated carbocycles. The monoisotopic (exact) mass is 270 g/mol. The van der Waals surface area contributed by atoms with Crippen molar-refractivity contribution in [3.05, 3.63) is 0 Å². The van der Waals surface area contributed by atoms with E-state index in [1.165, 1.54) is 51.4 Å². The fourth-order valence-corrected chi connectivity index (χ4v) is 2.58. The van der Waals surface area contributed by atoms with Crippen LogP contribution in [0.1, 0.15) is 91.4 Å². The first-order valence-corrected chi connectivity index (χ1v) is 8.34. The molecule has 0 spiro atoms. The SMILES string of the molecule is CCCCCCCCCC(C)CCC(CC)C(=O)O. The van der Waals surface area contributed by atoms with Gasteiger partial charge in [0.1, 0.15) is 0 Å². The van der Waals surface area contributed by atoms with Crippen LogP contribution in [0.5, 0.6) is 0 Å². The number of aliphatic carboxylic acids is 1. The molecule has 0 amide bonds. The van der Waals surface area contributed by atoms with Crippen LogP contribution in [0.4, 0.5) is 0 Å². The Hall–Kier alpha value is -0.530. The topological polar surface area (TPSA) is 37.3 Å². The molecule has 0 radical (unpaired) electrons. The zero-order chi connectivity index (χ0) is 14.5. The second-order valence-electron chi connectivity index (χ2n) is 6.04. The highest BCUT2D eigenvalue weighted by Crippen LogP contribution is 2.20. The molecule has 1 N–H and O–H groups in total. The van der Waals surface area contributed by atoms with Crippen LogP contribution in [0, 0.1) is 11.8 Å². The van der Waals surface area contributed by atoms with Crippen molar-refractivity contribution < 1.29 is 9.90 Å². The summed E-state index contributed by atoms with van der Waals surface area (Å²) in [6, 6.07) is 0. The minimum atomic E-state index is -0.620. The van der Waals surface area contributed by atoms with Crippen molar-refractivity contribution in [2.24, 2.45) is 11.8 Å². The van der Waals surface area contributed by atoms with E-state index in [1.54, 1.807) is 0 Å².